The third-order valence-corrected chi connectivity index (χ3v) is 4.62. The number of aromatic nitrogens is 3. The molecule has 0 saturated carbocycles. The van der Waals surface area contributed by atoms with Crippen LogP contribution in [-0.2, 0) is 6.42 Å². The van der Waals surface area contributed by atoms with Gasteiger partial charge in [-0.15, -0.1) is 0 Å². The van der Waals surface area contributed by atoms with Crippen molar-refractivity contribution < 1.29 is 0 Å². The van der Waals surface area contributed by atoms with E-state index in [0.717, 1.165) is 17.6 Å². The summed E-state index contributed by atoms with van der Waals surface area (Å²) >= 11 is 1.32. The predicted octanol–water partition coefficient (Wildman–Crippen LogP) is 3.91. The molecule has 0 aliphatic carbocycles. The van der Waals surface area contributed by atoms with Crippen LogP contribution in [-0.4, -0.2) is 15.0 Å². The van der Waals surface area contributed by atoms with Crippen LogP contribution in [0.25, 0.3) is 21.4 Å². The average molecular weight is 334 g/mol. The Hall–Kier alpha value is -2.86. The van der Waals surface area contributed by atoms with E-state index in [1.54, 1.807) is 0 Å². The van der Waals surface area contributed by atoms with E-state index in [-0.39, 0.29) is 5.56 Å². The molecule has 0 unspecified atom stereocenters. The fraction of sp³-hybridized carbons (Fsp3) is 0.111. The van der Waals surface area contributed by atoms with Gasteiger partial charge in [-0.2, -0.15) is 4.98 Å². The van der Waals surface area contributed by atoms with Gasteiger partial charge < -0.3 is 5.32 Å². The molecule has 5 nitrogen and oxygen atoms in total. The minimum Gasteiger partial charge on any atom is -0.331 e. The topological polar surface area (TPSA) is 67.8 Å². The van der Waals surface area contributed by atoms with E-state index in [1.807, 2.05) is 36.4 Å². The molecule has 0 aliphatic heterocycles. The number of fused-ring (bicyclic) bond motifs is 2. The molecule has 1 N–H and O–H groups in total. The van der Waals surface area contributed by atoms with Gasteiger partial charge in [0.05, 0.1) is 11.0 Å². The molecule has 0 aliphatic rings. The SMILES string of the molecule is CCc1ccc(Nc2nc(=O)c3nc4ccccc4nc3s2)cc1. The number of nitrogens with one attached hydrogen (secondary N) is 1. The van der Waals surface area contributed by atoms with Crippen LogP contribution in [0.15, 0.2) is 53.3 Å². The summed E-state index contributed by atoms with van der Waals surface area (Å²) in [7, 11) is 0. The number of hydrogen-bond acceptors (Lipinski definition) is 6. The molecule has 2 heterocycles. The Morgan fingerprint density at radius 1 is 0.958 bits per heavy atom. The highest BCUT2D eigenvalue weighted by atomic mass is 32.1. The lowest BCUT2D eigenvalue weighted by molar-refractivity contribution is 1.14. The number of benzene rings is 2. The van der Waals surface area contributed by atoms with Crippen LogP contribution in [0, 0.1) is 0 Å². The van der Waals surface area contributed by atoms with Gasteiger partial charge in [0.1, 0.15) is 0 Å². The first-order chi connectivity index (χ1) is 11.7. The summed E-state index contributed by atoms with van der Waals surface area (Å²) in [6, 6.07) is 15.6. The van der Waals surface area contributed by atoms with Gasteiger partial charge in [-0.1, -0.05) is 42.5 Å². The second kappa shape index (κ2) is 5.98. The standard InChI is InChI=1S/C18H14N4OS/c1-2-11-7-9-12(10-8-11)19-18-22-16(23)15-17(24-18)21-14-6-4-3-5-13(14)20-15/h3-10H,2H2,1H3,(H,19,22,23). The molecule has 2 aromatic carbocycles. The number of para-hydroxylation sites is 2. The van der Waals surface area contributed by atoms with Crippen LogP contribution in [0.2, 0.25) is 0 Å². The number of anilines is 2. The summed E-state index contributed by atoms with van der Waals surface area (Å²) in [5.74, 6) is 0. The molecule has 0 spiro atoms. The molecular formula is C18H14N4OS. The molecule has 4 aromatic rings. The van der Waals surface area contributed by atoms with Gasteiger partial charge in [-0.25, -0.2) is 9.97 Å². The van der Waals surface area contributed by atoms with Gasteiger partial charge in [-0.05, 0) is 36.2 Å². The predicted molar refractivity (Wildman–Crippen MR) is 98.1 cm³/mol. The molecule has 4 rings (SSSR count). The number of hydrogen-bond donors (Lipinski definition) is 1. The van der Waals surface area contributed by atoms with Crippen molar-refractivity contribution in [2.45, 2.75) is 13.3 Å². The maximum Gasteiger partial charge on any atom is 0.301 e. The van der Waals surface area contributed by atoms with Gasteiger partial charge in [0.2, 0.25) is 0 Å². The Bertz CT molecular complexity index is 1090. The first-order valence-electron chi connectivity index (χ1n) is 7.66. The van der Waals surface area contributed by atoms with E-state index in [1.165, 1.54) is 16.9 Å². The maximum atomic E-state index is 12.3. The normalized spacial score (nSPS) is 11.0. The third-order valence-electron chi connectivity index (χ3n) is 3.75. The van der Waals surface area contributed by atoms with Crippen molar-refractivity contribution in [3.63, 3.8) is 0 Å². The molecule has 0 fully saturated rings. The Kier molecular flexibility index (Phi) is 3.66. The van der Waals surface area contributed by atoms with E-state index in [9.17, 15) is 4.79 Å². The first-order valence-corrected chi connectivity index (χ1v) is 8.48. The molecule has 0 saturated heterocycles. The minimum atomic E-state index is -0.366. The van der Waals surface area contributed by atoms with Crippen molar-refractivity contribution in [1.29, 1.82) is 0 Å². The van der Waals surface area contributed by atoms with Crippen molar-refractivity contribution in [2.24, 2.45) is 0 Å². The molecule has 6 heteroatoms. The Balaban J connectivity index is 1.78. The zero-order valence-corrected chi connectivity index (χ0v) is 13.8. The molecule has 2 aromatic heterocycles. The van der Waals surface area contributed by atoms with Gasteiger partial charge in [0.15, 0.2) is 15.5 Å². The van der Waals surface area contributed by atoms with Crippen LogP contribution < -0.4 is 10.9 Å². The fourth-order valence-corrected chi connectivity index (χ4v) is 3.31. The Labute approximate surface area is 142 Å². The van der Waals surface area contributed by atoms with Gasteiger partial charge in [-0.3, -0.25) is 4.79 Å². The molecular weight excluding hydrogens is 320 g/mol. The average Bonchev–Trinajstić information content (AvgIpc) is 2.61. The van der Waals surface area contributed by atoms with E-state index < -0.39 is 0 Å². The summed E-state index contributed by atoms with van der Waals surface area (Å²) in [5, 5.41) is 3.69. The summed E-state index contributed by atoms with van der Waals surface area (Å²) in [6.07, 6.45) is 0.991. The monoisotopic (exact) mass is 334 g/mol. The van der Waals surface area contributed by atoms with E-state index in [2.05, 4.69) is 39.3 Å². The van der Waals surface area contributed by atoms with E-state index >= 15 is 0 Å². The fourth-order valence-electron chi connectivity index (χ4n) is 2.45. The highest BCUT2D eigenvalue weighted by molar-refractivity contribution is 7.21. The molecule has 24 heavy (non-hydrogen) atoms. The first kappa shape index (κ1) is 14.7. The lowest BCUT2D eigenvalue weighted by atomic mass is 10.1. The van der Waals surface area contributed by atoms with Gasteiger partial charge >= 0.3 is 5.56 Å². The smallest absolute Gasteiger partial charge is 0.301 e. The quantitative estimate of drug-likeness (QED) is 0.575. The lowest BCUT2D eigenvalue weighted by Crippen LogP contribution is -2.10. The number of rotatable bonds is 3. The van der Waals surface area contributed by atoms with Crippen molar-refractivity contribution in [3.8, 4) is 0 Å². The van der Waals surface area contributed by atoms with Crippen LogP contribution >= 0.6 is 11.3 Å². The third kappa shape index (κ3) is 2.72. The van der Waals surface area contributed by atoms with E-state index in [0.29, 0.717) is 21.0 Å². The molecule has 0 atom stereocenters. The maximum absolute atomic E-state index is 12.3. The number of aryl methyl sites for hydroxylation is 1. The molecule has 118 valence electrons. The van der Waals surface area contributed by atoms with Crippen molar-refractivity contribution in [1.82, 2.24) is 15.0 Å². The zero-order chi connectivity index (χ0) is 16.5. The van der Waals surface area contributed by atoms with Crippen LogP contribution in [0.3, 0.4) is 0 Å². The Morgan fingerprint density at radius 3 is 2.38 bits per heavy atom. The number of nitrogens with zero attached hydrogens (tertiary/aromatic N) is 3. The van der Waals surface area contributed by atoms with E-state index in [4.69, 9.17) is 0 Å². The minimum absolute atomic E-state index is 0.311. The zero-order valence-electron chi connectivity index (χ0n) is 13.0. The molecule has 0 amide bonds. The summed E-state index contributed by atoms with van der Waals surface area (Å²) in [4.78, 5) is 25.9. The summed E-state index contributed by atoms with van der Waals surface area (Å²) in [6.45, 7) is 2.11. The van der Waals surface area contributed by atoms with Crippen LogP contribution in [0.1, 0.15) is 12.5 Å². The van der Waals surface area contributed by atoms with Crippen molar-refractivity contribution in [2.75, 3.05) is 5.32 Å². The largest absolute Gasteiger partial charge is 0.331 e. The van der Waals surface area contributed by atoms with Crippen LogP contribution in [0.5, 0.6) is 0 Å². The highest BCUT2D eigenvalue weighted by Crippen LogP contribution is 2.23. The molecule has 0 radical (unpaired) electrons. The van der Waals surface area contributed by atoms with Crippen molar-refractivity contribution >= 4 is 43.5 Å². The van der Waals surface area contributed by atoms with Crippen LogP contribution in [0.4, 0.5) is 10.8 Å². The van der Waals surface area contributed by atoms with Crippen molar-refractivity contribution in [3.05, 3.63) is 64.4 Å². The summed E-state index contributed by atoms with van der Waals surface area (Å²) < 4.78 is 0. The Morgan fingerprint density at radius 2 is 1.67 bits per heavy atom. The highest BCUT2D eigenvalue weighted by Gasteiger charge is 2.09. The lowest BCUT2D eigenvalue weighted by Gasteiger charge is -2.06. The van der Waals surface area contributed by atoms with Gasteiger partial charge in [0, 0.05) is 5.69 Å². The van der Waals surface area contributed by atoms with Gasteiger partial charge in [0.25, 0.3) is 0 Å². The molecule has 0 bridgehead atoms. The summed E-state index contributed by atoms with van der Waals surface area (Å²) in [5.41, 5.74) is 3.57. The second-order valence-electron chi connectivity index (χ2n) is 5.37. The second-order valence-corrected chi connectivity index (χ2v) is 6.34.